The smallest absolute Gasteiger partial charge is 0.290 e. The highest BCUT2D eigenvalue weighted by atomic mass is 16.3. The van der Waals surface area contributed by atoms with Crippen LogP contribution in [0.25, 0.3) is 22.3 Å². The summed E-state index contributed by atoms with van der Waals surface area (Å²) in [6.07, 6.45) is 6.18. The van der Waals surface area contributed by atoms with Crippen molar-refractivity contribution in [2.75, 3.05) is 20.1 Å². The fraction of sp³-hybridized carbons (Fsp3) is 0.381. The molecule has 1 aliphatic heterocycles. The van der Waals surface area contributed by atoms with Crippen LogP contribution < -0.4 is 5.56 Å². The molecule has 0 spiro atoms. The molecule has 0 unspecified atom stereocenters. The van der Waals surface area contributed by atoms with Crippen LogP contribution in [0.2, 0.25) is 0 Å². The summed E-state index contributed by atoms with van der Waals surface area (Å²) in [7, 11) is 2.18. The van der Waals surface area contributed by atoms with Crippen molar-refractivity contribution in [3.8, 4) is 11.4 Å². The summed E-state index contributed by atoms with van der Waals surface area (Å²) in [5.74, 6) is 1.41. The standard InChI is InChI=1S/C20H24N4O.CH2O2/c1-14-4-3-5-16-12-17(20(25)22-18(14)16)19-21-8-11-24(19)13-15-6-9-23(2)10-7-15;2-1-3/h3-5,8,11-12,15H,6-7,9-10,13H2,1-2H3,(H,22,25);1H,(H,2,3). The number of piperidine rings is 1. The first-order valence-electron chi connectivity index (χ1n) is 9.44. The topological polar surface area (TPSA) is 91.2 Å². The van der Waals surface area contributed by atoms with Gasteiger partial charge in [-0.15, -0.1) is 0 Å². The normalized spacial score (nSPS) is 15.2. The number of aromatic nitrogens is 3. The molecule has 1 saturated heterocycles. The number of fused-ring (bicyclic) bond motifs is 1. The Hall–Kier alpha value is -2.93. The monoisotopic (exact) mass is 382 g/mol. The van der Waals surface area contributed by atoms with Gasteiger partial charge in [-0.3, -0.25) is 9.59 Å². The van der Waals surface area contributed by atoms with E-state index in [4.69, 9.17) is 9.90 Å². The van der Waals surface area contributed by atoms with Gasteiger partial charge >= 0.3 is 0 Å². The highest BCUT2D eigenvalue weighted by Gasteiger charge is 2.19. The van der Waals surface area contributed by atoms with Gasteiger partial charge in [-0.2, -0.15) is 0 Å². The van der Waals surface area contributed by atoms with E-state index >= 15 is 0 Å². The summed E-state index contributed by atoms with van der Waals surface area (Å²) in [5.41, 5.74) is 2.56. The van der Waals surface area contributed by atoms with Crippen LogP contribution >= 0.6 is 0 Å². The highest BCUT2D eigenvalue weighted by Crippen LogP contribution is 2.23. The van der Waals surface area contributed by atoms with Crippen LogP contribution in [-0.2, 0) is 11.3 Å². The average Bonchev–Trinajstić information content (AvgIpc) is 3.12. The zero-order chi connectivity index (χ0) is 20.1. The van der Waals surface area contributed by atoms with E-state index < -0.39 is 0 Å². The van der Waals surface area contributed by atoms with Gasteiger partial charge in [0.1, 0.15) is 5.82 Å². The third-order valence-electron chi connectivity index (χ3n) is 5.34. The number of rotatable bonds is 3. The first-order chi connectivity index (χ1) is 13.5. The molecule has 4 rings (SSSR count). The Morgan fingerprint density at radius 2 is 2.04 bits per heavy atom. The highest BCUT2D eigenvalue weighted by molar-refractivity contribution is 5.84. The number of benzene rings is 1. The predicted molar refractivity (Wildman–Crippen MR) is 109 cm³/mol. The van der Waals surface area contributed by atoms with Crippen molar-refractivity contribution in [3.63, 3.8) is 0 Å². The first-order valence-corrected chi connectivity index (χ1v) is 9.44. The number of aromatic amines is 1. The van der Waals surface area contributed by atoms with Crippen LogP contribution in [0.4, 0.5) is 0 Å². The maximum absolute atomic E-state index is 12.7. The molecular formula is C21H26N4O3. The Morgan fingerprint density at radius 1 is 1.32 bits per heavy atom. The molecule has 3 heterocycles. The second-order valence-electron chi connectivity index (χ2n) is 7.31. The van der Waals surface area contributed by atoms with Crippen LogP contribution in [-0.4, -0.2) is 51.2 Å². The second-order valence-corrected chi connectivity index (χ2v) is 7.31. The molecule has 0 atom stereocenters. The fourth-order valence-corrected chi connectivity index (χ4v) is 3.77. The van der Waals surface area contributed by atoms with Gasteiger partial charge in [0, 0.05) is 18.9 Å². The third kappa shape index (κ3) is 4.31. The van der Waals surface area contributed by atoms with Gasteiger partial charge in [-0.25, -0.2) is 4.98 Å². The van der Waals surface area contributed by atoms with Crippen LogP contribution in [0.15, 0.2) is 41.5 Å². The summed E-state index contributed by atoms with van der Waals surface area (Å²) in [6.45, 7) is 4.97. The molecule has 0 saturated carbocycles. The number of imidazole rings is 1. The number of carbonyl (C=O) groups is 1. The minimum atomic E-state index is -0.250. The predicted octanol–water partition coefficient (Wildman–Crippen LogP) is 2.74. The van der Waals surface area contributed by atoms with Crippen molar-refractivity contribution in [3.05, 3.63) is 52.6 Å². The molecule has 0 aliphatic carbocycles. The van der Waals surface area contributed by atoms with Crippen LogP contribution in [0, 0.1) is 12.8 Å². The molecule has 1 fully saturated rings. The summed E-state index contributed by atoms with van der Waals surface area (Å²) < 4.78 is 2.14. The van der Waals surface area contributed by atoms with Crippen molar-refractivity contribution in [2.45, 2.75) is 26.3 Å². The fourth-order valence-electron chi connectivity index (χ4n) is 3.77. The Kier molecular flexibility index (Phi) is 6.26. The van der Waals surface area contributed by atoms with Crippen molar-refractivity contribution in [1.29, 1.82) is 0 Å². The number of nitrogens with zero attached hydrogens (tertiary/aromatic N) is 3. The molecule has 148 valence electrons. The van der Waals surface area contributed by atoms with Gasteiger partial charge in [-0.1, -0.05) is 18.2 Å². The van der Waals surface area contributed by atoms with Gasteiger partial charge in [0.15, 0.2) is 0 Å². The number of hydrogen-bond donors (Lipinski definition) is 2. The van der Waals surface area contributed by atoms with Crippen LogP contribution in [0.5, 0.6) is 0 Å². The lowest BCUT2D eigenvalue weighted by atomic mass is 9.97. The maximum Gasteiger partial charge on any atom is 0.290 e. The molecular weight excluding hydrogens is 356 g/mol. The number of likely N-dealkylation sites (tertiary alicyclic amines) is 1. The van der Waals surface area contributed by atoms with E-state index in [9.17, 15) is 4.79 Å². The van der Waals surface area contributed by atoms with E-state index in [2.05, 4.69) is 26.5 Å². The number of hydrogen-bond acceptors (Lipinski definition) is 4. The molecule has 1 aromatic carbocycles. The molecule has 7 nitrogen and oxygen atoms in total. The van der Waals surface area contributed by atoms with E-state index in [1.165, 1.54) is 12.8 Å². The largest absolute Gasteiger partial charge is 0.483 e. The van der Waals surface area contributed by atoms with Crippen LogP contribution in [0.1, 0.15) is 18.4 Å². The first kappa shape index (κ1) is 19.8. The minimum Gasteiger partial charge on any atom is -0.483 e. The lowest BCUT2D eigenvalue weighted by molar-refractivity contribution is -0.122. The average molecular weight is 382 g/mol. The second kappa shape index (κ2) is 8.84. The number of nitrogens with one attached hydrogen (secondary N) is 1. The molecule has 0 radical (unpaired) electrons. The summed E-state index contributed by atoms with van der Waals surface area (Å²) in [6, 6.07) is 8.03. The van der Waals surface area contributed by atoms with Gasteiger partial charge in [0.25, 0.3) is 12.0 Å². The third-order valence-corrected chi connectivity index (χ3v) is 5.34. The van der Waals surface area contributed by atoms with Crippen molar-refractivity contribution in [1.82, 2.24) is 19.4 Å². The zero-order valence-corrected chi connectivity index (χ0v) is 16.3. The summed E-state index contributed by atoms with van der Waals surface area (Å²) in [5, 5.41) is 7.93. The Morgan fingerprint density at radius 3 is 2.75 bits per heavy atom. The number of pyridine rings is 1. The molecule has 28 heavy (non-hydrogen) atoms. The quantitative estimate of drug-likeness (QED) is 0.680. The van der Waals surface area contributed by atoms with E-state index in [-0.39, 0.29) is 12.0 Å². The Labute approximate surface area is 163 Å². The van der Waals surface area contributed by atoms with Gasteiger partial charge in [-0.05, 0) is 62.8 Å². The van der Waals surface area contributed by atoms with E-state index in [0.717, 1.165) is 41.9 Å². The summed E-state index contributed by atoms with van der Waals surface area (Å²) in [4.78, 5) is 30.9. The molecule has 1 aliphatic rings. The lowest BCUT2D eigenvalue weighted by Crippen LogP contribution is -2.32. The molecule has 0 bridgehead atoms. The molecule has 2 aromatic heterocycles. The number of H-pyrrole nitrogens is 1. The van der Waals surface area contributed by atoms with E-state index in [1.54, 1.807) is 6.20 Å². The molecule has 2 N–H and O–H groups in total. The van der Waals surface area contributed by atoms with E-state index in [0.29, 0.717) is 11.5 Å². The molecule has 0 amide bonds. The van der Waals surface area contributed by atoms with Gasteiger partial charge in [0.2, 0.25) is 0 Å². The number of aryl methyl sites for hydroxylation is 1. The molecule has 7 heteroatoms. The van der Waals surface area contributed by atoms with Crippen molar-refractivity contribution < 1.29 is 9.90 Å². The molecule has 3 aromatic rings. The lowest BCUT2D eigenvalue weighted by Gasteiger charge is -2.29. The number of para-hydroxylation sites is 1. The maximum atomic E-state index is 12.7. The Bertz CT molecular complexity index is 1000. The van der Waals surface area contributed by atoms with Crippen molar-refractivity contribution >= 4 is 17.4 Å². The minimum absolute atomic E-state index is 0.0716. The summed E-state index contributed by atoms with van der Waals surface area (Å²) >= 11 is 0. The Balaban J connectivity index is 0.000000706. The van der Waals surface area contributed by atoms with Gasteiger partial charge in [0.05, 0.1) is 11.1 Å². The van der Waals surface area contributed by atoms with E-state index in [1.807, 2.05) is 37.4 Å². The van der Waals surface area contributed by atoms with Crippen molar-refractivity contribution in [2.24, 2.45) is 5.92 Å². The number of carboxylic acid groups (broad SMARTS) is 1. The SMILES string of the molecule is Cc1cccc2cc(-c3nccn3CC3CCN(C)CC3)c(=O)[nH]c12.O=CO. The van der Waals surface area contributed by atoms with Gasteiger partial charge < -0.3 is 19.6 Å². The van der Waals surface area contributed by atoms with Crippen LogP contribution in [0.3, 0.4) is 0 Å². The zero-order valence-electron chi connectivity index (χ0n) is 16.3.